The molecule has 0 aromatic heterocycles. The summed E-state index contributed by atoms with van der Waals surface area (Å²) in [6, 6.07) is -1.64. The molecule has 5 aliphatic heterocycles. The van der Waals surface area contributed by atoms with Crippen molar-refractivity contribution in [1.82, 2.24) is 36.8 Å². The minimum Gasteiger partial charge on any atom is -0.508 e. The number of ether oxygens (including phenoxy) is 5. The van der Waals surface area contributed by atoms with Crippen molar-refractivity contribution >= 4 is 82.5 Å². The van der Waals surface area contributed by atoms with Gasteiger partial charge in [-0.2, -0.15) is 0 Å². The highest BCUT2D eigenvalue weighted by atomic mass is 35.5. The topological polar surface area (TPSA) is 509 Å². The average Bonchev–Trinajstić information content (AvgIpc) is 0.766. The van der Waals surface area contributed by atoms with Crippen LogP contribution in [-0.4, -0.2) is 197 Å². The predicted octanol–water partition coefficient (Wildman–Crippen LogP) is 2.61. The van der Waals surface area contributed by atoms with Gasteiger partial charge in [0.1, 0.15) is 114 Å². The van der Waals surface area contributed by atoms with E-state index in [9.17, 15) is 69.9 Å². The summed E-state index contributed by atoms with van der Waals surface area (Å²) >= 11 is 14.1. The number of nitrogens with one attached hydrogen (secondary N) is 6. The van der Waals surface area contributed by atoms with Crippen LogP contribution in [0.25, 0.3) is 5.57 Å². The van der Waals surface area contributed by atoms with Crippen molar-refractivity contribution < 1.29 is 113 Å². The van der Waals surface area contributed by atoms with Crippen LogP contribution in [0, 0.1) is 29.6 Å². The van der Waals surface area contributed by atoms with Gasteiger partial charge in [-0.05, 0) is 171 Å². The van der Waals surface area contributed by atoms with Crippen LogP contribution in [0.3, 0.4) is 0 Å². The summed E-state index contributed by atoms with van der Waals surface area (Å²) in [5.41, 5.74) is 9.51. The van der Waals surface area contributed by atoms with Gasteiger partial charge in [0.15, 0.2) is 11.5 Å². The largest absolute Gasteiger partial charge is 0.508 e. The van der Waals surface area contributed by atoms with Crippen LogP contribution in [0.1, 0.15) is 138 Å². The number of halogens is 2. The lowest BCUT2D eigenvalue weighted by molar-refractivity contribution is -0.277. The number of amides is 8. The molecule has 4 saturated carbocycles. The predicted molar refractivity (Wildman–Crippen MR) is 382 cm³/mol. The van der Waals surface area contributed by atoms with Gasteiger partial charge in [0, 0.05) is 30.6 Å². The molecular formula is C74H89Cl2N9O23. The normalized spacial score (nSPS) is 30.3. The number of hydrogen-bond donors (Lipinski definition) is 17. The van der Waals surface area contributed by atoms with Gasteiger partial charge in [-0.1, -0.05) is 55.2 Å². The number of nitrogens with zero attached hydrogens (tertiary/aromatic N) is 1. The second kappa shape index (κ2) is 32.6. The van der Waals surface area contributed by atoms with Crippen molar-refractivity contribution in [1.29, 1.82) is 0 Å². The number of fused-ring (bicyclic) bond motifs is 16. The maximum Gasteiger partial charge on any atom is 0.410 e. The first-order valence-corrected chi connectivity index (χ1v) is 36.1. The van der Waals surface area contributed by atoms with E-state index in [1.807, 2.05) is 0 Å². The Hall–Kier alpha value is -9.19. The Kier molecular flexibility index (Phi) is 24.1. The van der Waals surface area contributed by atoms with Crippen molar-refractivity contribution in [2.24, 2.45) is 41.1 Å². The van der Waals surface area contributed by atoms with Crippen LogP contribution in [0.2, 0.25) is 10.0 Å². The highest BCUT2D eigenvalue weighted by Gasteiger charge is 2.51. The van der Waals surface area contributed by atoms with Crippen LogP contribution < -0.4 is 57.6 Å². The van der Waals surface area contributed by atoms with Crippen molar-refractivity contribution in [3.8, 4) is 34.5 Å². The molecule has 19 N–H and O–H groups in total. The number of phenols is 1. The van der Waals surface area contributed by atoms with Gasteiger partial charge in [-0.25, -0.2) is 4.79 Å². The number of aromatic hydroxyl groups is 1. The first-order valence-electron chi connectivity index (χ1n) is 35.4. The van der Waals surface area contributed by atoms with Crippen LogP contribution >= 0.6 is 23.2 Å². The van der Waals surface area contributed by atoms with Gasteiger partial charge < -0.3 is 118 Å². The van der Waals surface area contributed by atoms with E-state index in [0.29, 0.717) is 11.8 Å². The quantitative estimate of drug-likeness (QED) is 0.0855. The molecule has 108 heavy (non-hydrogen) atoms. The number of phenolic OH excluding ortho intramolecular Hbond substituents is 1. The zero-order valence-electron chi connectivity index (χ0n) is 59.6. The van der Waals surface area contributed by atoms with Crippen molar-refractivity contribution in [2.75, 3.05) is 13.7 Å². The molecule has 5 aliphatic carbocycles. The van der Waals surface area contributed by atoms with Gasteiger partial charge in [-0.3, -0.25) is 38.5 Å². The maximum absolute atomic E-state index is 15.8. The smallest absolute Gasteiger partial charge is 0.410 e. The van der Waals surface area contributed by atoms with Crippen molar-refractivity contribution in [2.45, 2.75) is 189 Å². The summed E-state index contributed by atoms with van der Waals surface area (Å²) < 4.78 is 30.7. The molecule has 4 aromatic carbocycles. The van der Waals surface area contributed by atoms with Gasteiger partial charge in [0.05, 0.1) is 29.2 Å². The number of hydrogen-bond acceptors (Lipinski definition) is 24. The third kappa shape index (κ3) is 17.3. The highest BCUT2D eigenvalue weighted by Crippen LogP contribution is 2.54. The minimum atomic E-state index is -2.27. The molecule has 8 unspecified atom stereocenters. The molecule has 5 heterocycles. The molecule has 10 aliphatic rings. The number of primary amides is 1. The Labute approximate surface area is 629 Å². The number of nitrogens with two attached hydrogens (primary N) is 2. The molecule has 5 fully saturated rings. The average molecular weight is 1540 g/mol. The molecule has 13 bridgehead atoms. The Morgan fingerprint density at radius 3 is 1.89 bits per heavy atom. The van der Waals surface area contributed by atoms with Gasteiger partial charge >= 0.3 is 6.09 Å². The number of aldehydes is 1. The van der Waals surface area contributed by atoms with E-state index >= 15 is 19.2 Å². The Bertz CT molecular complexity index is 4220. The summed E-state index contributed by atoms with van der Waals surface area (Å²) in [5.74, 6) is -11.6. The number of aliphatic hydroxyl groups excluding tert-OH is 8. The van der Waals surface area contributed by atoms with E-state index in [1.54, 1.807) is 34.6 Å². The zero-order valence-corrected chi connectivity index (χ0v) is 61.1. The summed E-state index contributed by atoms with van der Waals surface area (Å²) in [6.45, 7) is 7.31. The summed E-state index contributed by atoms with van der Waals surface area (Å²) in [5, 5.41) is 119. The van der Waals surface area contributed by atoms with Gasteiger partial charge in [0.2, 0.25) is 53.4 Å². The van der Waals surface area contributed by atoms with Gasteiger partial charge in [0.25, 0.3) is 0 Å². The standard InChI is InChI=1S/C74H89Cl2N9O23/c1-29(2)13-45(85(6)73(103)108-74(3,4)5)67(98)84-59-61(93)34-9-12-49(42(76)21-34)105-51-23-37-22-50(65(51)107-72-64(96)63(95)62(94)52(28-87)106-72)104-48-11-8-33(20-41(48)75)60(92)55(78)68(99)83-58(70(101)81-56-35-15-30-14-31(17-35)18-36(56)16-30)40-24-38(88)25-47(90)54(40)39-19-32(7-10-46(39)89)44(27-86)80-69(100)57(37)82-66(97)43(26-53(77)91)79-71(59)102/h7-12,19-23,25,27,29-31,35-36,38,43-45,52,55-64,72,87-90,92-96H,13-18,24,26,28,78H2,1-6H3,(H2,77,91)(H,79,102)(H,80,100)(H,81,101)(H,82,97)(H,83,99)(H,84,98)/t30?,31?,35?,36?,38?,43-,44-,45+,52?,55+,56?,57+,58-,59+,60?,61?,62?,63?,64?,72?/m0/s1. The lowest BCUT2D eigenvalue weighted by Gasteiger charge is -2.54. The molecule has 15 atom stereocenters. The second-order valence-corrected chi connectivity index (χ2v) is 30.9. The number of carbonyl (C=O) groups excluding carboxylic acids is 9. The van der Waals surface area contributed by atoms with Crippen LogP contribution in [0.5, 0.6) is 34.5 Å². The van der Waals surface area contributed by atoms with E-state index in [2.05, 4.69) is 31.9 Å². The molecule has 582 valence electrons. The van der Waals surface area contributed by atoms with Crippen molar-refractivity contribution in [3.63, 3.8) is 0 Å². The molecule has 1 saturated heterocycles. The van der Waals surface area contributed by atoms with Crippen LogP contribution in [-0.2, 0) is 47.8 Å². The van der Waals surface area contributed by atoms with Crippen molar-refractivity contribution in [3.05, 3.63) is 122 Å². The zero-order chi connectivity index (χ0) is 78.4. The van der Waals surface area contributed by atoms with E-state index in [1.165, 1.54) is 25.2 Å². The molecule has 8 amide bonds. The molecule has 14 rings (SSSR count). The fourth-order valence-electron chi connectivity index (χ4n) is 15.5. The molecule has 4 aromatic rings. The van der Waals surface area contributed by atoms with E-state index in [4.69, 9.17) is 58.4 Å². The fraction of sp³-hybridized carbons (Fsp3) is 0.500. The lowest BCUT2D eigenvalue weighted by atomic mass is 9.54. The summed E-state index contributed by atoms with van der Waals surface area (Å²) in [6.07, 6.45) is -12.4. The minimum absolute atomic E-state index is 0.0414. The monoisotopic (exact) mass is 1540 g/mol. The maximum atomic E-state index is 15.8. The molecule has 34 heteroatoms. The molecular weight excluding hydrogens is 1450 g/mol. The van der Waals surface area contributed by atoms with Crippen LogP contribution in [0.15, 0.2) is 84.1 Å². The fourth-order valence-corrected chi connectivity index (χ4v) is 15.9. The summed E-state index contributed by atoms with van der Waals surface area (Å²) in [4.78, 5) is 133. The number of likely N-dealkylation sites (N-methyl/N-ethyl adjacent to an activating group) is 1. The first kappa shape index (κ1) is 79.8. The lowest BCUT2D eigenvalue weighted by Crippen LogP contribution is -2.60. The molecule has 0 radical (unpaired) electrons. The third-order valence-electron chi connectivity index (χ3n) is 20.6. The number of aliphatic hydroxyl groups is 8. The SMILES string of the molecule is CC(C)C[C@H](C(=O)N[C@H]1C(=O)N[C@@H](CC(N)=O)C(=O)N[C@H]2C(=O)N[C@@H](C=O)c3ccc(O)c(c3)C3=C(CC(O)C=C3O)[C@@H](C(=O)NC3C4CC5CC(C4)CC3C5)NC(=O)[C@H](N)C(O)c3ccc(c(Cl)c3)Oc3cc2cc(c3OC2OC(CO)C(O)C(O)C2O)Oc2ccc(cc2Cl)C1O)N(C)C(=O)OC(C)(C)C. The first-order chi connectivity index (χ1) is 51.0. The molecule has 32 nitrogen and oxygen atoms in total. The number of benzene rings is 4. The van der Waals surface area contributed by atoms with E-state index < -0.39 is 203 Å². The number of carbonyl (C=O) groups is 9. The Balaban J connectivity index is 1.09. The third-order valence-corrected chi connectivity index (χ3v) is 21.2. The molecule has 0 spiro atoms. The highest BCUT2D eigenvalue weighted by molar-refractivity contribution is 6.32. The Morgan fingerprint density at radius 2 is 1.32 bits per heavy atom. The van der Waals surface area contributed by atoms with E-state index in [-0.39, 0.29) is 86.4 Å². The second-order valence-electron chi connectivity index (χ2n) is 30.1. The van der Waals surface area contributed by atoms with Crippen LogP contribution in [0.4, 0.5) is 4.79 Å². The number of rotatable bonds is 13. The van der Waals surface area contributed by atoms with Gasteiger partial charge in [-0.15, -0.1) is 0 Å². The Morgan fingerprint density at radius 1 is 0.722 bits per heavy atom. The summed E-state index contributed by atoms with van der Waals surface area (Å²) in [7, 11) is 1.28. The number of allylic oxidation sites excluding steroid dienone is 1. The van der Waals surface area contributed by atoms with E-state index in [0.717, 1.165) is 91.6 Å².